The molecule has 1 saturated heterocycles. The summed E-state index contributed by atoms with van der Waals surface area (Å²) >= 11 is 3.46. The first kappa shape index (κ1) is 21.5. The van der Waals surface area contributed by atoms with Gasteiger partial charge in [0.05, 0.1) is 0 Å². The van der Waals surface area contributed by atoms with Gasteiger partial charge in [-0.15, -0.1) is 0 Å². The van der Waals surface area contributed by atoms with E-state index in [-0.39, 0.29) is 6.61 Å². The number of β-amino-alcohol motifs (C(OH)–C–C–N with tert-alkyl or cyclic N) is 1. The molecular weight excluding hydrogens is 446 g/mol. The van der Waals surface area contributed by atoms with Crippen LogP contribution in [0.3, 0.4) is 0 Å². The number of nitrogens with zero attached hydrogens (tertiary/aromatic N) is 3. The van der Waals surface area contributed by atoms with Gasteiger partial charge in [0.2, 0.25) is 0 Å². The molecule has 1 aliphatic heterocycles. The third-order valence-electron chi connectivity index (χ3n) is 4.80. The molecule has 154 valence electrons. The maximum atomic E-state index is 12.1. The Bertz CT molecular complexity index is 915. The van der Waals surface area contributed by atoms with Gasteiger partial charge in [-0.25, -0.2) is 0 Å². The van der Waals surface area contributed by atoms with Gasteiger partial charge >= 0.3 is 0 Å². The number of hydrogen-bond acceptors (Lipinski definition) is 5. The lowest BCUT2D eigenvalue weighted by molar-refractivity contribution is 0.0565. The molecule has 0 unspecified atom stereocenters. The van der Waals surface area contributed by atoms with Crippen LogP contribution < -0.4 is 4.74 Å². The fraction of sp³-hybridized carbons (Fsp3) is 0.474. The maximum Gasteiger partial charge on any atom is 0.281 e. The monoisotopic (exact) mass is 471 g/mol. The average molecular weight is 472 g/mol. The zero-order valence-corrected chi connectivity index (χ0v) is 18.5. The van der Waals surface area contributed by atoms with Crippen molar-refractivity contribution >= 4 is 36.9 Å². The van der Waals surface area contributed by atoms with Crippen molar-refractivity contribution in [3.8, 4) is 5.75 Å². The molecule has 0 saturated carbocycles. The molecule has 1 atom stereocenters. The third-order valence-corrected chi connectivity index (χ3v) is 7.24. The van der Waals surface area contributed by atoms with Crippen LogP contribution in [0.15, 0.2) is 40.9 Å². The average Bonchev–Trinajstić information content (AvgIpc) is 2.66. The van der Waals surface area contributed by atoms with E-state index in [9.17, 15) is 13.5 Å². The Kier molecular flexibility index (Phi) is 6.95. The highest BCUT2D eigenvalue weighted by Gasteiger charge is 2.29. The van der Waals surface area contributed by atoms with Crippen LogP contribution in [0, 0.1) is 0 Å². The number of benzene rings is 2. The number of aliphatic hydroxyl groups excluding tert-OH is 1. The number of aliphatic hydroxyl groups is 1. The Labute approximate surface area is 174 Å². The zero-order valence-electron chi connectivity index (χ0n) is 16.1. The van der Waals surface area contributed by atoms with Crippen molar-refractivity contribution in [2.24, 2.45) is 0 Å². The minimum absolute atomic E-state index is 0.193. The Morgan fingerprint density at radius 2 is 1.75 bits per heavy atom. The molecule has 2 aromatic rings. The van der Waals surface area contributed by atoms with E-state index in [2.05, 4.69) is 20.8 Å². The highest BCUT2D eigenvalue weighted by atomic mass is 79.9. The van der Waals surface area contributed by atoms with Gasteiger partial charge in [0.1, 0.15) is 18.5 Å². The number of piperazine rings is 1. The second-order valence-electron chi connectivity index (χ2n) is 7.11. The molecule has 7 nitrogen and oxygen atoms in total. The molecule has 0 aromatic heterocycles. The highest BCUT2D eigenvalue weighted by Crippen LogP contribution is 2.24. The second-order valence-corrected chi connectivity index (χ2v) is 10.2. The Hall–Kier alpha value is -1.23. The summed E-state index contributed by atoms with van der Waals surface area (Å²) in [6.07, 6.45) is -0.641. The lowest BCUT2D eigenvalue weighted by Gasteiger charge is -2.35. The van der Waals surface area contributed by atoms with Gasteiger partial charge in [0.15, 0.2) is 0 Å². The smallest absolute Gasteiger partial charge is 0.281 e. The summed E-state index contributed by atoms with van der Waals surface area (Å²) < 4.78 is 33.8. The van der Waals surface area contributed by atoms with Crippen LogP contribution in [0.1, 0.15) is 0 Å². The van der Waals surface area contributed by atoms with Crippen molar-refractivity contribution in [2.75, 3.05) is 53.4 Å². The van der Waals surface area contributed by atoms with E-state index in [1.165, 1.54) is 22.7 Å². The molecule has 28 heavy (non-hydrogen) atoms. The van der Waals surface area contributed by atoms with Gasteiger partial charge < -0.3 is 9.84 Å². The molecule has 0 aliphatic carbocycles. The van der Waals surface area contributed by atoms with Gasteiger partial charge in [-0.1, -0.05) is 28.1 Å². The van der Waals surface area contributed by atoms with Crippen molar-refractivity contribution in [2.45, 2.75) is 6.10 Å². The van der Waals surface area contributed by atoms with E-state index >= 15 is 0 Å². The maximum absolute atomic E-state index is 12.1. The van der Waals surface area contributed by atoms with Crippen LogP contribution in [-0.4, -0.2) is 86.6 Å². The molecule has 1 fully saturated rings. The first-order valence-corrected chi connectivity index (χ1v) is 11.3. The topological polar surface area (TPSA) is 73.3 Å². The molecule has 0 radical (unpaired) electrons. The van der Waals surface area contributed by atoms with Crippen LogP contribution in [-0.2, 0) is 10.2 Å². The van der Waals surface area contributed by atoms with Crippen molar-refractivity contribution in [3.63, 3.8) is 0 Å². The molecule has 0 spiro atoms. The van der Waals surface area contributed by atoms with Gasteiger partial charge in [0, 0.05) is 51.3 Å². The van der Waals surface area contributed by atoms with E-state index in [4.69, 9.17) is 4.74 Å². The number of hydrogen-bond donors (Lipinski definition) is 1. The van der Waals surface area contributed by atoms with Crippen molar-refractivity contribution in [3.05, 3.63) is 40.9 Å². The summed E-state index contributed by atoms with van der Waals surface area (Å²) in [6, 6.07) is 11.9. The predicted octanol–water partition coefficient (Wildman–Crippen LogP) is 1.77. The molecule has 1 N–H and O–H groups in total. The Morgan fingerprint density at radius 1 is 1.11 bits per heavy atom. The van der Waals surface area contributed by atoms with Gasteiger partial charge in [-0.05, 0) is 35.0 Å². The molecular formula is C19H26BrN3O4S. The van der Waals surface area contributed by atoms with Gasteiger partial charge in [-0.3, -0.25) is 4.90 Å². The molecule has 9 heteroatoms. The fourth-order valence-corrected chi connectivity index (χ4v) is 4.67. The lowest BCUT2D eigenvalue weighted by Crippen LogP contribution is -2.53. The van der Waals surface area contributed by atoms with Crippen LogP contribution >= 0.6 is 15.9 Å². The van der Waals surface area contributed by atoms with Crippen molar-refractivity contribution < 1.29 is 18.3 Å². The summed E-state index contributed by atoms with van der Waals surface area (Å²) in [5, 5.41) is 12.5. The molecule has 1 heterocycles. The van der Waals surface area contributed by atoms with Crippen LogP contribution in [0.25, 0.3) is 10.8 Å². The second kappa shape index (κ2) is 9.06. The summed E-state index contributed by atoms with van der Waals surface area (Å²) in [4.78, 5) is 2.06. The standard InChI is InChI=1S/C19H26BrN3O4S/c1-21(2)28(25,26)23-9-7-22(8-10-23)13-18(24)14-27-19-6-4-15-11-17(20)5-3-16(15)12-19/h3-6,11-12,18,24H,7-10,13-14H2,1-2H3/t18-/m0/s1. The Morgan fingerprint density at radius 3 is 2.43 bits per heavy atom. The normalized spacial score (nSPS) is 17.9. The van der Waals surface area contributed by atoms with Crippen LogP contribution in [0.4, 0.5) is 0 Å². The summed E-state index contributed by atoms with van der Waals surface area (Å²) in [5.74, 6) is 0.718. The van der Waals surface area contributed by atoms with Crippen molar-refractivity contribution in [1.82, 2.24) is 13.5 Å². The molecule has 1 aliphatic rings. The first-order chi connectivity index (χ1) is 13.3. The summed E-state index contributed by atoms with van der Waals surface area (Å²) in [7, 11) is -0.297. The number of rotatable bonds is 7. The number of halogens is 1. The van der Waals surface area contributed by atoms with Crippen LogP contribution in [0.5, 0.6) is 5.75 Å². The van der Waals surface area contributed by atoms with Gasteiger partial charge in [-0.2, -0.15) is 17.0 Å². The van der Waals surface area contributed by atoms with E-state index in [1.807, 2.05) is 36.4 Å². The lowest BCUT2D eigenvalue weighted by atomic mass is 10.1. The SMILES string of the molecule is CN(C)S(=O)(=O)N1CCN(C[C@H](O)COc2ccc3cc(Br)ccc3c2)CC1. The minimum Gasteiger partial charge on any atom is -0.491 e. The zero-order chi connectivity index (χ0) is 20.3. The largest absolute Gasteiger partial charge is 0.491 e. The molecule has 0 bridgehead atoms. The number of ether oxygens (including phenoxy) is 1. The van der Waals surface area contributed by atoms with E-state index in [1.54, 1.807) is 0 Å². The Balaban J connectivity index is 1.47. The molecule has 3 rings (SSSR count). The first-order valence-electron chi connectivity index (χ1n) is 9.16. The fourth-order valence-electron chi connectivity index (χ4n) is 3.20. The van der Waals surface area contributed by atoms with E-state index in [0.29, 0.717) is 32.7 Å². The van der Waals surface area contributed by atoms with E-state index in [0.717, 1.165) is 21.0 Å². The van der Waals surface area contributed by atoms with Crippen LogP contribution in [0.2, 0.25) is 0 Å². The third kappa shape index (κ3) is 5.22. The predicted molar refractivity (Wildman–Crippen MR) is 114 cm³/mol. The molecule has 2 aromatic carbocycles. The molecule has 0 amide bonds. The number of fused-ring (bicyclic) bond motifs is 1. The van der Waals surface area contributed by atoms with E-state index < -0.39 is 16.3 Å². The van der Waals surface area contributed by atoms with Crippen molar-refractivity contribution in [1.29, 1.82) is 0 Å². The summed E-state index contributed by atoms with van der Waals surface area (Å²) in [6.45, 7) is 2.68. The summed E-state index contributed by atoms with van der Waals surface area (Å²) in [5.41, 5.74) is 0. The quantitative estimate of drug-likeness (QED) is 0.665. The highest BCUT2D eigenvalue weighted by molar-refractivity contribution is 9.10. The van der Waals surface area contributed by atoms with Gasteiger partial charge in [0.25, 0.3) is 10.2 Å². The minimum atomic E-state index is -3.37.